The average Bonchev–Trinajstić information content (AvgIpc) is 3.56. The van der Waals surface area contributed by atoms with Crippen molar-refractivity contribution in [2.24, 2.45) is 5.41 Å². The van der Waals surface area contributed by atoms with E-state index in [1.807, 2.05) is 4.90 Å². The number of carbonyl (C=O) groups is 3. The number of rotatable bonds is 5. The third kappa shape index (κ3) is 4.47. The lowest BCUT2D eigenvalue weighted by Crippen LogP contribution is -2.52. The first kappa shape index (κ1) is 30.4. The van der Waals surface area contributed by atoms with E-state index in [0.29, 0.717) is 34.1 Å². The van der Waals surface area contributed by atoms with E-state index in [2.05, 4.69) is 26.1 Å². The number of nitrogens with zero attached hydrogens (tertiary/aromatic N) is 2. The highest BCUT2D eigenvalue weighted by Crippen LogP contribution is 2.62. The Morgan fingerprint density at radius 1 is 1.09 bits per heavy atom. The summed E-state index contributed by atoms with van der Waals surface area (Å²) in [5.41, 5.74) is 0.488. The van der Waals surface area contributed by atoms with E-state index in [4.69, 9.17) is 32.7 Å². The van der Waals surface area contributed by atoms with Crippen LogP contribution >= 0.6 is 23.2 Å². The van der Waals surface area contributed by atoms with Gasteiger partial charge in [0.2, 0.25) is 11.8 Å². The first-order valence-electron chi connectivity index (χ1n) is 14.2. The summed E-state index contributed by atoms with van der Waals surface area (Å²) in [6, 6.07) is 13.2. The van der Waals surface area contributed by atoms with Crippen molar-refractivity contribution in [2.75, 3.05) is 31.1 Å². The molecule has 3 aromatic rings. The lowest BCUT2D eigenvalue weighted by atomic mass is 9.62. The van der Waals surface area contributed by atoms with Crippen molar-refractivity contribution in [3.05, 3.63) is 87.2 Å². The minimum atomic E-state index is -1.33. The first-order chi connectivity index (χ1) is 20.8. The molecule has 4 atom stereocenters. The Bertz CT molecular complexity index is 1710. The van der Waals surface area contributed by atoms with Crippen LogP contribution in [0.5, 0.6) is 5.75 Å². The molecule has 11 heteroatoms. The highest BCUT2D eigenvalue weighted by Gasteiger charge is 2.71. The third-order valence-corrected chi connectivity index (χ3v) is 9.51. The molecule has 2 amide bonds. The predicted molar refractivity (Wildman–Crippen MR) is 166 cm³/mol. The second-order valence-electron chi connectivity index (χ2n) is 12.7. The molecule has 3 aliphatic heterocycles. The molecule has 44 heavy (non-hydrogen) atoms. The number of benzene rings is 3. The van der Waals surface area contributed by atoms with Gasteiger partial charge in [-0.1, -0.05) is 62.2 Å². The number of carbonyl (C=O) groups excluding carboxylic acids is 3. The summed E-state index contributed by atoms with van der Waals surface area (Å²) in [5, 5.41) is 3.36. The van der Waals surface area contributed by atoms with E-state index in [1.54, 1.807) is 47.4 Å². The van der Waals surface area contributed by atoms with E-state index in [1.165, 1.54) is 26.4 Å². The SMILES string of the molecule is COC(=O)c1ccc(N2CN3[C@@H](CC(C)(C)C)[C@@]4(C(=O)Nc5cc(Cl)ccc54)[C@@H](c4cccc(Cl)c4F)[C@@H]3C2=O)c(OC)c1. The molecule has 3 aliphatic rings. The lowest BCUT2D eigenvalue weighted by Gasteiger charge is -2.40. The Kier molecular flexibility index (Phi) is 7.42. The average molecular weight is 641 g/mol. The summed E-state index contributed by atoms with van der Waals surface area (Å²) in [6.07, 6.45) is 0.511. The highest BCUT2D eigenvalue weighted by atomic mass is 35.5. The van der Waals surface area contributed by atoms with Crippen LogP contribution in [0.4, 0.5) is 15.8 Å². The zero-order valence-corrected chi connectivity index (χ0v) is 26.4. The maximum Gasteiger partial charge on any atom is 0.337 e. The van der Waals surface area contributed by atoms with Gasteiger partial charge < -0.3 is 14.8 Å². The van der Waals surface area contributed by atoms with Crippen LogP contribution in [0.3, 0.4) is 0 Å². The third-order valence-electron chi connectivity index (χ3n) is 8.98. The van der Waals surface area contributed by atoms with E-state index in [9.17, 15) is 14.4 Å². The largest absolute Gasteiger partial charge is 0.495 e. The van der Waals surface area contributed by atoms with Gasteiger partial charge in [-0.15, -0.1) is 0 Å². The fraction of sp³-hybridized carbons (Fsp3) is 0.364. The molecule has 0 saturated carbocycles. The molecule has 0 aromatic heterocycles. The van der Waals surface area contributed by atoms with E-state index < -0.39 is 35.2 Å². The number of fused-ring (bicyclic) bond motifs is 3. The number of amides is 2. The van der Waals surface area contributed by atoms with E-state index >= 15 is 4.39 Å². The number of methoxy groups -OCH3 is 2. The molecular formula is C33H32Cl2FN3O5. The molecular weight excluding hydrogens is 608 g/mol. The molecule has 0 radical (unpaired) electrons. The van der Waals surface area contributed by atoms with Crippen molar-refractivity contribution in [3.63, 3.8) is 0 Å². The van der Waals surface area contributed by atoms with Crippen molar-refractivity contribution < 1.29 is 28.2 Å². The summed E-state index contributed by atoms with van der Waals surface area (Å²) in [7, 11) is 2.74. The van der Waals surface area contributed by atoms with Crippen molar-refractivity contribution in [1.29, 1.82) is 0 Å². The monoisotopic (exact) mass is 639 g/mol. The molecule has 6 rings (SSSR count). The Morgan fingerprint density at radius 3 is 2.52 bits per heavy atom. The van der Waals surface area contributed by atoms with Crippen molar-refractivity contribution in [3.8, 4) is 5.75 Å². The summed E-state index contributed by atoms with van der Waals surface area (Å²) < 4.78 is 26.6. The molecule has 230 valence electrons. The number of halogens is 3. The van der Waals surface area contributed by atoms with Gasteiger partial charge in [-0.25, -0.2) is 9.18 Å². The Morgan fingerprint density at radius 2 is 1.84 bits per heavy atom. The number of nitrogens with one attached hydrogen (secondary N) is 1. The van der Waals surface area contributed by atoms with Crippen LogP contribution in [-0.4, -0.2) is 55.7 Å². The summed E-state index contributed by atoms with van der Waals surface area (Å²) in [4.78, 5) is 44.9. The maximum absolute atomic E-state index is 16.1. The molecule has 3 aromatic carbocycles. The second kappa shape index (κ2) is 10.8. The summed E-state index contributed by atoms with van der Waals surface area (Å²) in [5.74, 6) is -2.50. The normalized spacial score (nSPS) is 24.5. The van der Waals surface area contributed by atoms with Gasteiger partial charge in [0.05, 0.1) is 43.2 Å². The van der Waals surface area contributed by atoms with Gasteiger partial charge in [0.15, 0.2) is 0 Å². The van der Waals surface area contributed by atoms with Gasteiger partial charge in [0, 0.05) is 22.7 Å². The standard InChI is InChI=1S/C33H32Cl2FN3O5/c1-32(2,3)15-25-33(20-11-10-18(34)14-22(20)37-31(33)42)26(19-7-6-8-21(35)27(19)36)28-29(40)38(16-39(25)28)23-12-9-17(30(41)44-5)13-24(23)43-4/h6-14,25-26,28H,15-16H2,1-5H3,(H,37,42)/t25-,26-,28+,33+/m0/s1. The van der Waals surface area contributed by atoms with Crippen LogP contribution in [0.15, 0.2) is 54.6 Å². The molecule has 1 N–H and O–H groups in total. The smallest absolute Gasteiger partial charge is 0.337 e. The van der Waals surface area contributed by atoms with E-state index in [-0.39, 0.29) is 40.0 Å². The number of esters is 1. The van der Waals surface area contributed by atoms with E-state index in [0.717, 1.165) is 0 Å². The topological polar surface area (TPSA) is 88.2 Å². The quantitative estimate of drug-likeness (QED) is 0.325. The van der Waals surface area contributed by atoms with Crippen LogP contribution in [0.25, 0.3) is 0 Å². The highest BCUT2D eigenvalue weighted by molar-refractivity contribution is 6.31. The van der Waals surface area contributed by atoms with Gasteiger partial charge in [-0.3, -0.25) is 19.4 Å². The fourth-order valence-corrected chi connectivity index (χ4v) is 7.66. The first-order valence-corrected chi connectivity index (χ1v) is 15.0. The maximum atomic E-state index is 16.1. The van der Waals surface area contributed by atoms with Gasteiger partial charge in [0.25, 0.3) is 0 Å². The molecule has 1 spiro atoms. The molecule has 0 aliphatic carbocycles. The van der Waals surface area contributed by atoms with Crippen LogP contribution in [0.2, 0.25) is 10.0 Å². The van der Waals surface area contributed by atoms with Gasteiger partial charge >= 0.3 is 5.97 Å². The molecule has 8 nitrogen and oxygen atoms in total. The number of anilines is 2. The molecule has 2 saturated heterocycles. The number of hydrogen-bond acceptors (Lipinski definition) is 6. The minimum Gasteiger partial charge on any atom is -0.495 e. The number of ether oxygens (including phenoxy) is 2. The van der Waals surface area contributed by atoms with Crippen molar-refractivity contribution in [1.82, 2.24) is 4.90 Å². The van der Waals surface area contributed by atoms with Crippen molar-refractivity contribution >= 4 is 52.4 Å². The minimum absolute atomic E-state index is 0.0967. The lowest BCUT2D eigenvalue weighted by molar-refractivity contribution is -0.122. The zero-order valence-electron chi connectivity index (χ0n) is 24.9. The van der Waals surface area contributed by atoms with Gasteiger partial charge in [0.1, 0.15) is 17.0 Å². The Hall–Kier alpha value is -3.66. The zero-order chi connectivity index (χ0) is 31.7. The fourth-order valence-electron chi connectivity index (χ4n) is 7.31. The van der Waals surface area contributed by atoms with Gasteiger partial charge in [-0.2, -0.15) is 0 Å². The van der Waals surface area contributed by atoms with Gasteiger partial charge in [-0.05, 0) is 59.4 Å². The Balaban J connectivity index is 1.58. The summed E-state index contributed by atoms with van der Waals surface area (Å²) in [6.45, 7) is 6.32. The second-order valence-corrected chi connectivity index (χ2v) is 13.5. The number of hydrogen-bond donors (Lipinski definition) is 1. The molecule has 3 heterocycles. The summed E-state index contributed by atoms with van der Waals surface area (Å²) >= 11 is 12.7. The van der Waals surface area contributed by atoms with Crippen LogP contribution in [0, 0.1) is 11.2 Å². The van der Waals surface area contributed by atoms with Crippen LogP contribution in [0.1, 0.15) is 54.6 Å². The molecule has 0 unspecified atom stereocenters. The van der Waals surface area contributed by atoms with Crippen LogP contribution in [-0.2, 0) is 19.7 Å². The Labute approximate surface area is 265 Å². The van der Waals surface area contributed by atoms with Crippen LogP contribution < -0.4 is 15.0 Å². The van der Waals surface area contributed by atoms with Crippen molar-refractivity contribution in [2.45, 2.75) is 50.6 Å². The molecule has 0 bridgehead atoms. The molecule has 2 fully saturated rings. The predicted octanol–water partition coefficient (Wildman–Crippen LogP) is 6.39.